The molecule has 124 valence electrons. The van der Waals surface area contributed by atoms with Gasteiger partial charge in [0.25, 0.3) is 5.91 Å². The highest BCUT2D eigenvalue weighted by Gasteiger charge is 2.29. The molecule has 0 saturated carbocycles. The minimum Gasteiger partial charge on any atom is -0.379 e. The highest BCUT2D eigenvalue weighted by molar-refractivity contribution is 6.13. The first-order chi connectivity index (χ1) is 11.7. The Labute approximate surface area is 139 Å². The molecule has 1 aromatic heterocycles. The fraction of sp³-hybridized carbons (Fsp3) is 0.353. The van der Waals surface area contributed by atoms with Crippen molar-refractivity contribution in [1.29, 1.82) is 0 Å². The molecule has 2 aromatic rings. The number of rotatable bonds is 2. The number of amides is 1. The van der Waals surface area contributed by atoms with E-state index in [9.17, 15) is 4.79 Å². The van der Waals surface area contributed by atoms with Gasteiger partial charge in [0.2, 0.25) is 5.96 Å². The van der Waals surface area contributed by atoms with Crippen molar-refractivity contribution in [1.82, 2.24) is 20.4 Å². The highest BCUT2D eigenvalue weighted by atomic mass is 16.5. The molecule has 1 aromatic carbocycles. The summed E-state index contributed by atoms with van der Waals surface area (Å²) < 4.78 is 5.47. The second kappa shape index (κ2) is 6.09. The second-order valence-electron chi connectivity index (χ2n) is 6.10. The molecule has 24 heavy (non-hydrogen) atoms. The molecule has 7 heteroatoms. The van der Waals surface area contributed by atoms with E-state index in [2.05, 4.69) is 20.5 Å². The first-order valence-electron chi connectivity index (χ1n) is 8.06. The molecule has 0 bridgehead atoms. The lowest BCUT2D eigenvalue weighted by Gasteiger charge is -2.25. The van der Waals surface area contributed by atoms with E-state index in [1.165, 1.54) is 0 Å². The zero-order valence-electron chi connectivity index (χ0n) is 13.5. The third kappa shape index (κ3) is 2.78. The molecule has 0 aliphatic carbocycles. The number of H-pyrrole nitrogens is 1. The van der Waals surface area contributed by atoms with Crippen molar-refractivity contribution in [3.05, 3.63) is 35.7 Å². The van der Waals surface area contributed by atoms with Crippen LogP contribution < -0.4 is 5.32 Å². The van der Waals surface area contributed by atoms with Crippen molar-refractivity contribution in [3.63, 3.8) is 0 Å². The van der Waals surface area contributed by atoms with Crippen LogP contribution in [0.3, 0.4) is 0 Å². The number of benzene rings is 1. The highest BCUT2D eigenvalue weighted by Crippen LogP contribution is 2.20. The number of aromatic amines is 1. The van der Waals surface area contributed by atoms with Crippen molar-refractivity contribution in [2.75, 3.05) is 20.3 Å². The average Bonchev–Trinajstić information content (AvgIpc) is 3.16. The van der Waals surface area contributed by atoms with Crippen molar-refractivity contribution in [2.24, 2.45) is 4.99 Å². The fourth-order valence-electron chi connectivity index (χ4n) is 2.97. The Hall–Kier alpha value is -2.67. The van der Waals surface area contributed by atoms with Gasteiger partial charge in [-0.2, -0.15) is 5.10 Å². The van der Waals surface area contributed by atoms with E-state index >= 15 is 0 Å². The number of carbonyl (C=O) groups is 1. The zero-order valence-corrected chi connectivity index (χ0v) is 13.5. The molecule has 2 N–H and O–H groups in total. The van der Waals surface area contributed by atoms with Gasteiger partial charge in [-0.15, -0.1) is 0 Å². The molecule has 4 rings (SSSR count). The van der Waals surface area contributed by atoms with Crippen LogP contribution in [-0.2, 0) is 9.53 Å². The maximum Gasteiger partial charge on any atom is 0.279 e. The predicted molar refractivity (Wildman–Crippen MR) is 91.3 cm³/mol. The SMILES string of the molecule is CN1C(=O)/C(=C/c2ccc3[nH]ncc3c2)N=C1N[C@H]1CCCOC1. The van der Waals surface area contributed by atoms with Crippen LogP contribution in [-0.4, -0.2) is 53.3 Å². The van der Waals surface area contributed by atoms with E-state index in [0.29, 0.717) is 18.3 Å². The summed E-state index contributed by atoms with van der Waals surface area (Å²) in [7, 11) is 1.73. The first kappa shape index (κ1) is 14.9. The quantitative estimate of drug-likeness (QED) is 0.820. The third-order valence-electron chi connectivity index (χ3n) is 4.33. The van der Waals surface area contributed by atoms with Crippen molar-refractivity contribution in [3.8, 4) is 0 Å². The molecule has 1 saturated heterocycles. The standard InChI is InChI=1S/C17H19N5O2/c1-22-16(23)15(20-17(22)19-13-3-2-6-24-10-13)8-11-4-5-14-12(7-11)9-18-21-14/h4-5,7-9,13H,2-3,6,10H2,1H3,(H,18,21)(H,19,20)/b15-8-/t13-/m0/s1. The maximum absolute atomic E-state index is 12.4. The molecule has 1 amide bonds. The van der Waals surface area contributed by atoms with E-state index in [1.54, 1.807) is 24.2 Å². The summed E-state index contributed by atoms with van der Waals surface area (Å²) in [6.07, 6.45) is 5.61. The van der Waals surface area contributed by atoms with Crippen LogP contribution in [0.2, 0.25) is 0 Å². The molecule has 2 aliphatic heterocycles. The number of hydrogen-bond acceptors (Lipinski definition) is 5. The van der Waals surface area contributed by atoms with E-state index in [1.807, 2.05) is 18.2 Å². The van der Waals surface area contributed by atoms with Crippen LogP contribution in [0.25, 0.3) is 17.0 Å². The molecular weight excluding hydrogens is 306 g/mol. The largest absolute Gasteiger partial charge is 0.379 e. The Morgan fingerprint density at radius 3 is 3.21 bits per heavy atom. The molecule has 0 unspecified atom stereocenters. The van der Waals surface area contributed by atoms with Gasteiger partial charge in [-0.3, -0.25) is 14.8 Å². The summed E-state index contributed by atoms with van der Waals surface area (Å²) in [5.74, 6) is 0.479. The summed E-state index contributed by atoms with van der Waals surface area (Å²) in [5, 5.41) is 11.2. The van der Waals surface area contributed by atoms with Gasteiger partial charge in [-0.05, 0) is 36.6 Å². The van der Waals surface area contributed by atoms with Crippen molar-refractivity contribution < 1.29 is 9.53 Å². The molecule has 0 radical (unpaired) electrons. The van der Waals surface area contributed by atoms with Gasteiger partial charge in [0.05, 0.1) is 24.4 Å². The summed E-state index contributed by atoms with van der Waals surface area (Å²) in [6.45, 7) is 1.46. The molecule has 1 atom stereocenters. The monoisotopic (exact) mass is 325 g/mol. The topological polar surface area (TPSA) is 82.6 Å². The average molecular weight is 325 g/mol. The number of nitrogens with zero attached hydrogens (tertiary/aromatic N) is 3. The van der Waals surface area contributed by atoms with Gasteiger partial charge in [0.1, 0.15) is 5.70 Å². The van der Waals surface area contributed by atoms with Gasteiger partial charge in [-0.1, -0.05) is 6.07 Å². The number of aliphatic imine (C=N–C) groups is 1. The van der Waals surface area contributed by atoms with Gasteiger partial charge in [0, 0.05) is 19.0 Å². The minimum atomic E-state index is -0.110. The van der Waals surface area contributed by atoms with Gasteiger partial charge in [-0.25, -0.2) is 4.99 Å². The minimum absolute atomic E-state index is 0.110. The van der Waals surface area contributed by atoms with E-state index in [0.717, 1.165) is 35.9 Å². The summed E-state index contributed by atoms with van der Waals surface area (Å²) in [5.41, 5.74) is 2.32. The lowest BCUT2D eigenvalue weighted by atomic mass is 10.1. The summed E-state index contributed by atoms with van der Waals surface area (Å²) >= 11 is 0. The number of ether oxygens (including phenoxy) is 1. The molecule has 1 fully saturated rings. The van der Waals surface area contributed by atoms with E-state index in [-0.39, 0.29) is 11.9 Å². The van der Waals surface area contributed by atoms with Crippen LogP contribution >= 0.6 is 0 Å². The van der Waals surface area contributed by atoms with Crippen LogP contribution in [0.15, 0.2) is 35.1 Å². The van der Waals surface area contributed by atoms with Gasteiger partial charge < -0.3 is 10.1 Å². The Morgan fingerprint density at radius 1 is 1.46 bits per heavy atom. The number of hydrogen-bond donors (Lipinski definition) is 2. The maximum atomic E-state index is 12.4. The Morgan fingerprint density at radius 2 is 2.38 bits per heavy atom. The number of fused-ring (bicyclic) bond motifs is 1. The lowest BCUT2D eigenvalue weighted by molar-refractivity contribution is -0.121. The zero-order chi connectivity index (χ0) is 16.5. The van der Waals surface area contributed by atoms with Gasteiger partial charge in [0.15, 0.2) is 0 Å². The van der Waals surface area contributed by atoms with E-state index in [4.69, 9.17) is 4.74 Å². The number of guanidine groups is 1. The molecule has 2 aliphatic rings. The van der Waals surface area contributed by atoms with Crippen molar-refractivity contribution in [2.45, 2.75) is 18.9 Å². The normalized spacial score (nSPS) is 23.1. The van der Waals surface area contributed by atoms with Crippen molar-refractivity contribution >= 4 is 28.8 Å². The molecular formula is C17H19N5O2. The number of likely N-dealkylation sites (N-methyl/N-ethyl adjacent to an activating group) is 1. The van der Waals surface area contributed by atoms with Crippen LogP contribution in [0.1, 0.15) is 18.4 Å². The molecule has 0 spiro atoms. The Balaban J connectivity index is 1.58. The summed E-state index contributed by atoms with van der Waals surface area (Å²) in [4.78, 5) is 18.5. The van der Waals surface area contributed by atoms with Gasteiger partial charge >= 0.3 is 0 Å². The Bertz CT molecular complexity index is 832. The second-order valence-corrected chi connectivity index (χ2v) is 6.10. The first-order valence-corrected chi connectivity index (χ1v) is 8.06. The lowest BCUT2D eigenvalue weighted by Crippen LogP contribution is -2.46. The number of carbonyl (C=O) groups excluding carboxylic acids is 1. The summed E-state index contributed by atoms with van der Waals surface area (Å²) in [6, 6.07) is 6.07. The molecule has 7 nitrogen and oxygen atoms in total. The smallest absolute Gasteiger partial charge is 0.279 e. The van der Waals surface area contributed by atoms with Crippen LogP contribution in [0, 0.1) is 0 Å². The number of nitrogens with one attached hydrogen (secondary N) is 2. The molecule has 3 heterocycles. The Kier molecular flexibility index (Phi) is 3.78. The number of aromatic nitrogens is 2. The third-order valence-corrected chi connectivity index (χ3v) is 4.33. The van der Waals surface area contributed by atoms with E-state index < -0.39 is 0 Å². The predicted octanol–water partition coefficient (Wildman–Crippen LogP) is 1.50. The fourth-order valence-corrected chi connectivity index (χ4v) is 2.97. The van der Waals surface area contributed by atoms with Crippen LogP contribution in [0.4, 0.5) is 0 Å². The van der Waals surface area contributed by atoms with Crippen LogP contribution in [0.5, 0.6) is 0 Å².